The Morgan fingerprint density at radius 3 is 2.60 bits per heavy atom. The van der Waals surface area contributed by atoms with Crippen LogP contribution in [0.1, 0.15) is 20.8 Å². The largest absolute Gasteiger partial charge is 0.331 e. The van der Waals surface area contributed by atoms with E-state index in [1.165, 1.54) is 5.52 Å². The lowest BCUT2D eigenvalue weighted by Gasteiger charge is -2.19. The molecule has 0 fully saturated rings. The van der Waals surface area contributed by atoms with Crippen molar-refractivity contribution in [1.29, 1.82) is 0 Å². The molecule has 0 aliphatic carbocycles. The number of fused-ring (bicyclic) bond motifs is 1. The van der Waals surface area contributed by atoms with Gasteiger partial charge in [-0.15, -0.1) is 0 Å². The first-order valence-electron chi connectivity index (χ1n) is 5.15. The summed E-state index contributed by atoms with van der Waals surface area (Å²) < 4.78 is 2.98. The minimum atomic E-state index is 0.239. The number of nitrogens with one attached hydrogen (secondary N) is 1. The fourth-order valence-electron chi connectivity index (χ4n) is 1.74. The molecule has 0 atom stereocenters. The topological polar surface area (TPSA) is 20.7 Å². The van der Waals surface area contributed by atoms with E-state index in [1.54, 1.807) is 0 Å². The first kappa shape index (κ1) is 10.4. The Labute approximate surface area is 94.9 Å². The van der Waals surface area contributed by atoms with Crippen molar-refractivity contribution < 1.29 is 0 Å². The predicted molar refractivity (Wildman–Crippen MR) is 66.6 cm³/mol. The maximum Gasteiger partial charge on any atom is 0.178 e. The highest BCUT2D eigenvalue weighted by molar-refractivity contribution is 7.71. The first-order chi connectivity index (χ1) is 6.97. The number of aromatic nitrogens is 2. The van der Waals surface area contributed by atoms with E-state index in [1.807, 2.05) is 12.1 Å². The van der Waals surface area contributed by atoms with Gasteiger partial charge in [-0.2, -0.15) is 0 Å². The Morgan fingerprint density at radius 2 is 1.93 bits per heavy atom. The molecule has 0 unspecified atom stereocenters. The number of H-pyrrole nitrogens is 1. The Morgan fingerprint density at radius 1 is 1.27 bits per heavy atom. The van der Waals surface area contributed by atoms with E-state index >= 15 is 0 Å². The third-order valence-corrected chi connectivity index (χ3v) is 2.64. The molecular formula is C12H16N2S. The van der Waals surface area contributed by atoms with Crippen LogP contribution in [0.25, 0.3) is 11.0 Å². The van der Waals surface area contributed by atoms with Crippen LogP contribution in [0.4, 0.5) is 0 Å². The second-order valence-electron chi connectivity index (χ2n) is 5.09. The van der Waals surface area contributed by atoms with E-state index in [0.717, 1.165) is 16.8 Å². The molecule has 0 amide bonds. The van der Waals surface area contributed by atoms with Crippen LogP contribution in [-0.4, -0.2) is 9.55 Å². The fourth-order valence-corrected chi connectivity index (χ4v) is 2.01. The number of hydrogen-bond donors (Lipinski definition) is 1. The molecule has 2 rings (SSSR count). The monoisotopic (exact) mass is 220 g/mol. The molecule has 0 saturated heterocycles. The second-order valence-corrected chi connectivity index (χ2v) is 5.48. The first-order valence-corrected chi connectivity index (χ1v) is 5.56. The maximum atomic E-state index is 5.33. The van der Waals surface area contributed by atoms with Gasteiger partial charge in [0.1, 0.15) is 0 Å². The Kier molecular flexibility index (Phi) is 2.43. The standard InChI is InChI=1S/C12H16N2S/c1-12(2,3)8-14-10-7-5-4-6-9(10)13-11(14)15/h4-7H,8H2,1-3H3,(H,13,15). The van der Waals surface area contributed by atoms with Gasteiger partial charge in [-0.05, 0) is 29.8 Å². The van der Waals surface area contributed by atoms with Crippen LogP contribution in [0.5, 0.6) is 0 Å². The molecule has 1 aromatic heterocycles. The predicted octanol–water partition coefficient (Wildman–Crippen LogP) is 3.74. The molecule has 0 saturated carbocycles. The number of rotatable bonds is 1. The molecule has 0 bridgehead atoms. The molecule has 0 spiro atoms. The molecule has 15 heavy (non-hydrogen) atoms. The second kappa shape index (κ2) is 3.49. The van der Waals surface area contributed by atoms with Gasteiger partial charge in [-0.1, -0.05) is 32.9 Å². The number of hydrogen-bond acceptors (Lipinski definition) is 1. The molecule has 80 valence electrons. The van der Waals surface area contributed by atoms with Crippen LogP contribution in [0.3, 0.4) is 0 Å². The Balaban J connectivity index is 2.60. The number of nitrogens with zero attached hydrogens (tertiary/aromatic N) is 1. The van der Waals surface area contributed by atoms with Crippen LogP contribution < -0.4 is 0 Å². The summed E-state index contributed by atoms with van der Waals surface area (Å²) in [6.45, 7) is 7.60. The summed E-state index contributed by atoms with van der Waals surface area (Å²) in [6, 6.07) is 8.23. The lowest BCUT2D eigenvalue weighted by atomic mass is 9.97. The van der Waals surface area contributed by atoms with Gasteiger partial charge in [0, 0.05) is 6.54 Å². The van der Waals surface area contributed by atoms with E-state index in [0.29, 0.717) is 0 Å². The highest BCUT2D eigenvalue weighted by atomic mass is 32.1. The van der Waals surface area contributed by atoms with Gasteiger partial charge < -0.3 is 9.55 Å². The van der Waals surface area contributed by atoms with Crippen molar-refractivity contribution in [3.05, 3.63) is 29.0 Å². The highest BCUT2D eigenvalue weighted by Gasteiger charge is 2.13. The number of aromatic amines is 1. The van der Waals surface area contributed by atoms with Crippen molar-refractivity contribution >= 4 is 23.3 Å². The number of benzene rings is 1. The number of imidazole rings is 1. The minimum Gasteiger partial charge on any atom is -0.331 e. The highest BCUT2D eigenvalue weighted by Crippen LogP contribution is 2.21. The zero-order valence-corrected chi connectivity index (χ0v) is 10.2. The summed E-state index contributed by atoms with van der Waals surface area (Å²) in [5.74, 6) is 0. The molecular weight excluding hydrogens is 204 g/mol. The number of para-hydroxylation sites is 2. The average Bonchev–Trinajstić information content (AvgIpc) is 2.41. The molecule has 3 heteroatoms. The summed E-state index contributed by atoms with van der Waals surface area (Å²) in [4.78, 5) is 3.23. The molecule has 0 radical (unpaired) electrons. The summed E-state index contributed by atoms with van der Waals surface area (Å²) in [6.07, 6.45) is 0. The zero-order valence-electron chi connectivity index (χ0n) is 9.37. The van der Waals surface area contributed by atoms with Gasteiger partial charge in [-0.3, -0.25) is 0 Å². The third-order valence-electron chi connectivity index (χ3n) is 2.31. The van der Waals surface area contributed by atoms with Crippen molar-refractivity contribution in [3.8, 4) is 0 Å². The van der Waals surface area contributed by atoms with Crippen LogP contribution >= 0.6 is 12.2 Å². The summed E-state index contributed by atoms with van der Waals surface area (Å²) in [5.41, 5.74) is 2.55. The van der Waals surface area contributed by atoms with E-state index in [2.05, 4.69) is 42.5 Å². The molecule has 1 heterocycles. The lowest BCUT2D eigenvalue weighted by molar-refractivity contribution is 0.346. The average molecular weight is 220 g/mol. The third kappa shape index (κ3) is 2.12. The van der Waals surface area contributed by atoms with Crippen molar-refractivity contribution in [2.75, 3.05) is 0 Å². The molecule has 2 aromatic rings. The lowest BCUT2D eigenvalue weighted by Crippen LogP contribution is -2.15. The minimum absolute atomic E-state index is 0.239. The van der Waals surface area contributed by atoms with Crippen LogP contribution in [-0.2, 0) is 6.54 Å². The van der Waals surface area contributed by atoms with Gasteiger partial charge in [0.05, 0.1) is 11.0 Å². The smallest absolute Gasteiger partial charge is 0.178 e. The molecule has 0 aliphatic rings. The van der Waals surface area contributed by atoms with Crippen LogP contribution in [0, 0.1) is 10.2 Å². The molecule has 0 aliphatic heterocycles. The van der Waals surface area contributed by atoms with Crippen LogP contribution in [0.15, 0.2) is 24.3 Å². The quantitative estimate of drug-likeness (QED) is 0.726. The van der Waals surface area contributed by atoms with E-state index in [9.17, 15) is 0 Å². The van der Waals surface area contributed by atoms with E-state index in [-0.39, 0.29) is 5.41 Å². The van der Waals surface area contributed by atoms with E-state index < -0.39 is 0 Å². The maximum absolute atomic E-state index is 5.33. The van der Waals surface area contributed by atoms with Gasteiger partial charge in [0.2, 0.25) is 0 Å². The van der Waals surface area contributed by atoms with Crippen LogP contribution in [0.2, 0.25) is 0 Å². The van der Waals surface area contributed by atoms with Gasteiger partial charge >= 0.3 is 0 Å². The van der Waals surface area contributed by atoms with Crippen molar-refractivity contribution in [2.45, 2.75) is 27.3 Å². The summed E-state index contributed by atoms with van der Waals surface area (Å²) >= 11 is 5.33. The Bertz CT molecular complexity index is 528. The fraction of sp³-hybridized carbons (Fsp3) is 0.417. The normalized spacial score (nSPS) is 12.2. The van der Waals surface area contributed by atoms with Gasteiger partial charge in [0.25, 0.3) is 0 Å². The molecule has 1 aromatic carbocycles. The van der Waals surface area contributed by atoms with Gasteiger partial charge in [-0.25, -0.2) is 0 Å². The summed E-state index contributed by atoms with van der Waals surface area (Å²) in [5, 5.41) is 0. The summed E-state index contributed by atoms with van der Waals surface area (Å²) in [7, 11) is 0. The van der Waals surface area contributed by atoms with Crippen molar-refractivity contribution in [2.24, 2.45) is 5.41 Å². The van der Waals surface area contributed by atoms with Gasteiger partial charge in [0.15, 0.2) is 4.77 Å². The van der Waals surface area contributed by atoms with Crippen molar-refractivity contribution in [1.82, 2.24) is 9.55 Å². The zero-order chi connectivity index (χ0) is 11.1. The van der Waals surface area contributed by atoms with Crippen molar-refractivity contribution in [3.63, 3.8) is 0 Å². The SMILES string of the molecule is CC(C)(C)Cn1c(=S)[nH]c2ccccc21. The van der Waals surface area contributed by atoms with E-state index in [4.69, 9.17) is 12.2 Å². The molecule has 2 nitrogen and oxygen atoms in total. The Hall–Kier alpha value is -1.09. The molecule has 1 N–H and O–H groups in total.